The second-order valence-electron chi connectivity index (χ2n) is 6.66. The van der Waals surface area contributed by atoms with Gasteiger partial charge in [-0.15, -0.1) is 0 Å². The highest BCUT2D eigenvalue weighted by atomic mass is 16.6. The Labute approximate surface area is 147 Å². The minimum absolute atomic E-state index is 0.0137. The van der Waals surface area contributed by atoms with E-state index < -0.39 is 11.0 Å². The SMILES string of the molecule is COCCCCN(C(=O)O)c1ccc(C(C)(C)C)c(OC)c1[N+](=O)[O-]. The average molecular weight is 354 g/mol. The number of unbranched alkanes of at least 4 members (excludes halogenated alkanes) is 1. The lowest BCUT2D eigenvalue weighted by Gasteiger charge is -2.25. The Bertz CT molecular complexity index is 624. The number of rotatable bonds is 8. The fourth-order valence-corrected chi connectivity index (χ4v) is 2.59. The molecule has 0 aromatic heterocycles. The van der Waals surface area contributed by atoms with Gasteiger partial charge in [-0.3, -0.25) is 15.0 Å². The number of nitro groups is 1. The van der Waals surface area contributed by atoms with Crippen LogP contribution in [0.3, 0.4) is 0 Å². The molecule has 0 bridgehead atoms. The smallest absolute Gasteiger partial charge is 0.412 e. The van der Waals surface area contributed by atoms with E-state index in [9.17, 15) is 20.0 Å². The molecular weight excluding hydrogens is 328 g/mol. The summed E-state index contributed by atoms with van der Waals surface area (Å²) in [7, 11) is 2.92. The zero-order valence-corrected chi connectivity index (χ0v) is 15.4. The molecule has 140 valence electrons. The van der Waals surface area contributed by atoms with Gasteiger partial charge in [-0.1, -0.05) is 26.8 Å². The first-order valence-electron chi connectivity index (χ1n) is 8.00. The molecule has 1 aromatic rings. The van der Waals surface area contributed by atoms with Crippen LogP contribution in [-0.4, -0.2) is 43.5 Å². The van der Waals surface area contributed by atoms with Crippen molar-refractivity contribution >= 4 is 17.5 Å². The molecule has 0 aliphatic carbocycles. The van der Waals surface area contributed by atoms with Crippen LogP contribution in [0, 0.1) is 10.1 Å². The van der Waals surface area contributed by atoms with Gasteiger partial charge in [0.25, 0.3) is 0 Å². The monoisotopic (exact) mass is 354 g/mol. The summed E-state index contributed by atoms with van der Waals surface area (Å²) in [4.78, 5) is 23.7. The summed E-state index contributed by atoms with van der Waals surface area (Å²) >= 11 is 0. The number of amides is 1. The minimum atomic E-state index is -1.24. The van der Waals surface area contributed by atoms with Gasteiger partial charge in [-0.25, -0.2) is 4.79 Å². The molecule has 25 heavy (non-hydrogen) atoms. The van der Waals surface area contributed by atoms with E-state index in [0.29, 0.717) is 25.0 Å². The highest BCUT2D eigenvalue weighted by Gasteiger charge is 2.33. The number of ether oxygens (including phenoxy) is 2. The first kappa shape index (κ1) is 20.7. The number of nitrogens with zero attached hydrogens (tertiary/aromatic N) is 2. The van der Waals surface area contributed by atoms with E-state index in [1.54, 1.807) is 13.2 Å². The first-order valence-corrected chi connectivity index (χ1v) is 8.00. The third kappa shape index (κ3) is 5.06. The van der Waals surface area contributed by atoms with Crippen LogP contribution in [0.5, 0.6) is 5.75 Å². The maximum atomic E-state index is 11.7. The van der Waals surface area contributed by atoms with Gasteiger partial charge in [0.05, 0.1) is 12.0 Å². The Balaban J connectivity index is 3.41. The summed E-state index contributed by atoms with van der Waals surface area (Å²) in [5.74, 6) is 0.0955. The summed E-state index contributed by atoms with van der Waals surface area (Å²) in [5, 5.41) is 21.2. The molecule has 0 unspecified atom stereocenters. The molecule has 0 atom stereocenters. The zero-order valence-electron chi connectivity index (χ0n) is 15.4. The Morgan fingerprint density at radius 2 is 1.92 bits per heavy atom. The van der Waals surface area contributed by atoms with E-state index >= 15 is 0 Å². The van der Waals surface area contributed by atoms with Crippen molar-refractivity contribution < 1.29 is 24.3 Å². The quantitative estimate of drug-likeness (QED) is 0.432. The molecule has 8 heteroatoms. The van der Waals surface area contributed by atoms with Crippen molar-refractivity contribution in [3.8, 4) is 5.75 Å². The number of hydrogen-bond acceptors (Lipinski definition) is 5. The molecule has 1 N–H and O–H groups in total. The lowest BCUT2D eigenvalue weighted by atomic mass is 9.85. The molecule has 0 fully saturated rings. The Hall–Kier alpha value is -2.35. The molecule has 8 nitrogen and oxygen atoms in total. The van der Waals surface area contributed by atoms with Crippen LogP contribution in [-0.2, 0) is 10.2 Å². The van der Waals surface area contributed by atoms with Crippen LogP contribution >= 0.6 is 0 Å². The van der Waals surface area contributed by atoms with E-state index in [1.165, 1.54) is 13.2 Å². The molecule has 0 saturated carbocycles. The number of methoxy groups -OCH3 is 2. The van der Waals surface area contributed by atoms with Crippen LogP contribution in [0.4, 0.5) is 16.2 Å². The van der Waals surface area contributed by atoms with E-state index in [4.69, 9.17) is 9.47 Å². The Morgan fingerprint density at radius 1 is 1.28 bits per heavy atom. The summed E-state index contributed by atoms with van der Waals surface area (Å²) < 4.78 is 10.2. The Kier molecular flexibility index (Phi) is 7.17. The fourth-order valence-electron chi connectivity index (χ4n) is 2.59. The lowest BCUT2D eigenvalue weighted by Crippen LogP contribution is -2.31. The fraction of sp³-hybridized carbons (Fsp3) is 0.588. The molecule has 1 amide bonds. The van der Waals surface area contributed by atoms with Crippen molar-refractivity contribution in [3.05, 3.63) is 27.8 Å². The number of carbonyl (C=O) groups is 1. The third-order valence-corrected chi connectivity index (χ3v) is 3.81. The van der Waals surface area contributed by atoms with Crippen LogP contribution in [0.25, 0.3) is 0 Å². The largest absolute Gasteiger partial charge is 0.490 e. The lowest BCUT2D eigenvalue weighted by molar-refractivity contribution is -0.385. The van der Waals surface area contributed by atoms with Crippen molar-refractivity contribution in [3.63, 3.8) is 0 Å². The van der Waals surface area contributed by atoms with Crippen LogP contribution in [0.2, 0.25) is 0 Å². The van der Waals surface area contributed by atoms with Crippen molar-refractivity contribution in [2.24, 2.45) is 0 Å². The van der Waals surface area contributed by atoms with E-state index in [0.717, 1.165) is 4.90 Å². The summed E-state index contributed by atoms with van der Waals surface area (Å²) in [6.45, 7) is 6.37. The van der Waals surface area contributed by atoms with Gasteiger partial charge in [-0.05, 0) is 24.3 Å². The topological polar surface area (TPSA) is 102 Å². The van der Waals surface area contributed by atoms with Gasteiger partial charge >= 0.3 is 11.8 Å². The molecule has 1 rings (SSSR count). The maximum Gasteiger partial charge on any atom is 0.412 e. The van der Waals surface area contributed by atoms with Crippen molar-refractivity contribution in [2.75, 3.05) is 32.3 Å². The van der Waals surface area contributed by atoms with Gasteiger partial charge in [-0.2, -0.15) is 0 Å². The van der Waals surface area contributed by atoms with Crippen molar-refractivity contribution in [1.82, 2.24) is 0 Å². The first-order chi connectivity index (χ1) is 11.6. The van der Waals surface area contributed by atoms with Gasteiger partial charge in [0.2, 0.25) is 5.75 Å². The minimum Gasteiger partial charge on any atom is -0.490 e. The molecule has 0 aliphatic heterocycles. The average Bonchev–Trinajstić information content (AvgIpc) is 2.52. The van der Waals surface area contributed by atoms with E-state index in [-0.39, 0.29) is 29.1 Å². The van der Waals surface area contributed by atoms with E-state index in [1.807, 2.05) is 20.8 Å². The van der Waals surface area contributed by atoms with Gasteiger partial charge in [0.15, 0.2) is 0 Å². The second-order valence-corrected chi connectivity index (χ2v) is 6.66. The zero-order chi connectivity index (χ0) is 19.2. The molecular formula is C17H26N2O6. The number of carboxylic acid groups (broad SMARTS) is 1. The number of hydrogen-bond donors (Lipinski definition) is 1. The van der Waals surface area contributed by atoms with Gasteiger partial charge in [0, 0.05) is 25.8 Å². The Morgan fingerprint density at radius 3 is 2.36 bits per heavy atom. The molecule has 1 aromatic carbocycles. The van der Waals surface area contributed by atoms with Gasteiger partial charge in [0.1, 0.15) is 5.69 Å². The van der Waals surface area contributed by atoms with Crippen LogP contribution < -0.4 is 9.64 Å². The molecule has 0 aliphatic rings. The number of benzene rings is 1. The van der Waals surface area contributed by atoms with Crippen LogP contribution in [0.1, 0.15) is 39.2 Å². The summed E-state index contributed by atoms with van der Waals surface area (Å²) in [5.41, 5.74) is -0.0553. The number of anilines is 1. The molecule has 0 saturated heterocycles. The highest BCUT2D eigenvalue weighted by molar-refractivity contribution is 5.91. The van der Waals surface area contributed by atoms with Gasteiger partial charge < -0.3 is 14.6 Å². The predicted octanol–water partition coefficient (Wildman–Crippen LogP) is 3.81. The van der Waals surface area contributed by atoms with Crippen molar-refractivity contribution in [2.45, 2.75) is 39.0 Å². The standard InChI is InChI=1S/C17H26N2O6/c1-17(2,3)12-8-9-13(14(19(22)23)15(12)25-5)18(16(20)21)10-6-7-11-24-4/h8-9H,6-7,10-11H2,1-5H3,(H,20,21). The second kappa shape index (κ2) is 8.66. The number of nitro benzene ring substituents is 1. The molecule has 0 radical (unpaired) electrons. The predicted molar refractivity (Wildman–Crippen MR) is 94.8 cm³/mol. The normalized spacial score (nSPS) is 11.2. The third-order valence-electron chi connectivity index (χ3n) is 3.81. The van der Waals surface area contributed by atoms with Crippen molar-refractivity contribution in [1.29, 1.82) is 0 Å². The van der Waals surface area contributed by atoms with E-state index in [2.05, 4.69) is 0 Å². The summed E-state index contributed by atoms with van der Waals surface area (Å²) in [6.07, 6.45) is -0.0579. The highest BCUT2D eigenvalue weighted by Crippen LogP contribution is 2.44. The molecule has 0 spiro atoms. The maximum absolute atomic E-state index is 11.7. The van der Waals surface area contributed by atoms with Crippen LogP contribution in [0.15, 0.2) is 12.1 Å². The summed E-state index contributed by atoms with van der Waals surface area (Å²) in [6, 6.07) is 3.16. The molecule has 0 heterocycles.